The topological polar surface area (TPSA) is 17.1 Å². The van der Waals surface area contributed by atoms with E-state index in [1.54, 1.807) is 18.2 Å². The summed E-state index contributed by atoms with van der Waals surface area (Å²) in [6, 6.07) is 7.06. The van der Waals surface area contributed by atoms with Gasteiger partial charge in [-0.05, 0) is 47.1 Å². The number of carbonyl (C=O) groups excluding carboxylic acids is 1. The van der Waals surface area contributed by atoms with Gasteiger partial charge >= 0.3 is 0 Å². The molecule has 17 heavy (non-hydrogen) atoms. The smallest absolute Gasteiger partial charge is 0.203 e. The van der Waals surface area contributed by atoms with E-state index in [1.165, 1.54) is 11.3 Å². The Morgan fingerprint density at radius 3 is 2.47 bits per heavy atom. The molecule has 1 heterocycles. The summed E-state index contributed by atoms with van der Waals surface area (Å²) in [4.78, 5) is 14.0. The van der Waals surface area contributed by atoms with Crippen LogP contribution >= 0.6 is 54.8 Å². The minimum absolute atomic E-state index is 0.00741. The van der Waals surface area contributed by atoms with Crippen molar-refractivity contribution in [3.05, 3.63) is 53.6 Å². The Morgan fingerprint density at radius 2 is 1.94 bits per heavy atom. The summed E-state index contributed by atoms with van der Waals surface area (Å²) >= 11 is 14.1. The lowest BCUT2D eigenvalue weighted by atomic mass is 10.1. The maximum atomic E-state index is 12.2. The van der Waals surface area contributed by atoms with Crippen LogP contribution in [0.2, 0.25) is 5.02 Å². The van der Waals surface area contributed by atoms with Gasteiger partial charge in [-0.2, -0.15) is 0 Å². The molecule has 0 saturated heterocycles. The molecule has 0 aliphatic carbocycles. The lowest BCUT2D eigenvalue weighted by molar-refractivity contribution is 0.104. The van der Waals surface area contributed by atoms with E-state index in [1.807, 2.05) is 13.0 Å². The summed E-state index contributed by atoms with van der Waals surface area (Å²) in [5.74, 6) is -0.00741. The second kappa shape index (κ2) is 5.22. The number of carbonyl (C=O) groups is 1. The first-order chi connectivity index (χ1) is 7.97. The molecule has 0 fully saturated rings. The Labute approximate surface area is 125 Å². The van der Waals surface area contributed by atoms with E-state index < -0.39 is 0 Å². The zero-order valence-electron chi connectivity index (χ0n) is 8.76. The van der Waals surface area contributed by atoms with Gasteiger partial charge in [-0.3, -0.25) is 4.79 Å². The first-order valence-corrected chi connectivity index (χ1v) is 7.52. The molecule has 0 aliphatic rings. The Kier molecular flexibility index (Phi) is 4.08. The maximum Gasteiger partial charge on any atom is 0.203 e. The first-order valence-electron chi connectivity index (χ1n) is 4.74. The fourth-order valence-corrected chi connectivity index (χ4v) is 3.76. The summed E-state index contributed by atoms with van der Waals surface area (Å²) in [6.45, 7) is 1.97. The number of ketones is 1. The molecule has 0 N–H and O–H groups in total. The number of hydrogen-bond acceptors (Lipinski definition) is 2. The van der Waals surface area contributed by atoms with E-state index >= 15 is 0 Å². The van der Waals surface area contributed by atoms with Crippen molar-refractivity contribution < 1.29 is 4.79 Å². The minimum atomic E-state index is -0.00741. The number of hydrogen-bond donors (Lipinski definition) is 0. The third-order valence-corrected chi connectivity index (χ3v) is 5.02. The summed E-state index contributed by atoms with van der Waals surface area (Å²) in [5, 5.41) is 0.551. The van der Waals surface area contributed by atoms with Gasteiger partial charge in [0.2, 0.25) is 5.78 Å². The van der Waals surface area contributed by atoms with Crippen molar-refractivity contribution in [2.75, 3.05) is 0 Å². The molecule has 0 radical (unpaired) electrons. The molecule has 0 atom stereocenters. The van der Waals surface area contributed by atoms with Crippen molar-refractivity contribution in [2.45, 2.75) is 6.92 Å². The Morgan fingerprint density at radius 1 is 1.24 bits per heavy atom. The lowest BCUT2D eigenvalue weighted by Gasteiger charge is -2.00. The van der Waals surface area contributed by atoms with E-state index in [0.29, 0.717) is 15.5 Å². The van der Waals surface area contributed by atoms with Gasteiger partial charge in [0.1, 0.15) is 0 Å². The van der Waals surface area contributed by atoms with Gasteiger partial charge in [0.25, 0.3) is 0 Å². The highest BCUT2D eigenvalue weighted by molar-refractivity contribution is 9.10. The van der Waals surface area contributed by atoms with Gasteiger partial charge in [-0.25, -0.2) is 0 Å². The number of aryl methyl sites for hydroxylation is 1. The van der Waals surface area contributed by atoms with E-state index in [2.05, 4.69) is 31.9 Å². The van der Waals surface area contributed by atoms with Crippen molar-refractivity contribution in [3.8, 4) is 0 Å². The fraction of sp³-hybridized carbons (Fsp3) is 0.0833. The molecule has 2 aromatic rings. The zero-order valence-corrected chi connectivity index (χ0v) is 13.5. The number of benzene rings is 1. The summed E-state index contributed by atoms with van der Waals surface area (Å²) < 4.78 is 1.77. The van der Waals surface area contributed by atoms with E-state index in [0.717, 1.165) is 13.8 Å². The van der Waals surface area contributed by atoms with Gasteiger partial charge in [0, 0.05) is 24.4 Å². The fourth-order valence-electron chi connectivity index (χ4n) is 1.40. The molecule has 1 aromatic heterocycles. The SMILES string of the molecule is Cc1sc(C(=O)c2cc(Cl)cc(Br)c2)cc1Br. The molecule has 88 valence electrons. The highest BCUT2D eigenvalue weighted by atomic mass is 79.9. The van der Waals surface area contributed by atoms with Gasteiger partial charge in [-0.1, -0.05) is 27.5 Å². The molecule has 2 rings (SSSR count). The molecule has 0 bridgehead atoms. The third kappa shape index (κ3) is 2.99. The van der Waals surface area contributed by atoms with Crippen LogP contribution in [-0.2, 0) is 0 Å². The molecule has 0 spiro atoms. The third-order valence-electron chi connectivity index (χ3n) is 2.21. The van der Waals surface area contributed by atoms with Crippen molar-refractivity contribution in [2.24, 2.45) is 0 Å². The summed E-state index contributed by atoms with van der Waals surface area (Å²) in [5.41, 5.74) is 0.595. The molecular weight excluding hydrogens is 387 g/mol. The molecule has 0 aliphatic heterocycles. The van der Waals surface area contributed by atoms with Gasteiger partial charge in [0.15, 0.2) is 0 Å². The predicted octanol–water partition coefficient (Wildman–Crippen LogP) is 5.47. The molecule has 0 unspecified atom stereocenters. The van der Waals surface area contributed by atoms with Crippen LogP contribution in [0.1, 0.15) is 20.1 Å². The number of thiophene rings is 1. The molecule has 5 heteroatoms. The minimum Gasteiger partial charge on any atom is -0.288 e. The summed E-state index contributed by atoms with van der Waals surface area (Å²) in [7, 11) is 0. The highest BCUT2D eigenvalue weighted by Crippen LogP contribution is 2.29. The second-order valence-electron chi connectivity index (χ2n) is 3.50. The highest BCUT2D eigenvalue weighted by Gasteiger charge is 2.14. The Hall–Kier alpha value is -0.160. The predicted molar refractivity (Wildman–Crippen MR) is 79.3 cm³/mol. The largest absolute Gasteiger partial charge is 0.288 e. The first kappa shape index (κ1) is 13.3. The van der Waals surface area contributed by atoms with E-state index in [9.17, 15) is 4.79 Å². The van der Waals surface area contributed by atoms with E-state index in [4.69, 9.17) is 11.6 Å². The van der Waals surface area contributed by atoms with Crippen LogP contribution in [-0.4, -0.2) is 5.78 Å². The van der Waals surface area contributed by atoms with Gasteiger partial charge in [0.05, 0.1) is 4.88 Å². The monoisotopic (exact) mass is 392 g/mol. The molecule has 1 nitrogen and oxygen atoms in total. The van der Waals surface area contributed by atoms with Crippen LogP contribution in [0.3, 0.4) is 0 Å². The van der Waals surface area contributed by atoms with Crippen LogP contribution in [0.5, 0.6) is 0 Å². The Balaban J connectivity index is 2.43. The standard InChI is InChI=1S/C12H7Br2ClOS/c1-6-10(14)5-11(17-6)12(16)7-2-8(13)4-9(15)3-7/h2-5H,1H3. The van der Waals surface area contributed by atoms with Crippen molar-refractivity contribution in [1.29, 1.82) is 0 Å². The number of rotatable bonds is 2. The quantitative estimate of drug-likeness (QED) is 0.618. The zero-order chi connectivity index (χ0) is 12.6. The maximum absolute atomic E-state index is 12.2. The van der Waals surface area contributed by atoms with Gasteiger partial charge in [-0.15, -0.1) is 11.3 Å². The number of halogens is 3. The van der Waals surface area contributed by atoms with Crippen molar-refractivity contribution in [3.63, 3.8) is 0 Å². The van der Waals surface area contributed by atoms with Crippen LogP contribution in [0.15, 0.2) is 33.2 Å². The molecule has 0 saturated carbocycles. The van der Waals surface area contributed by atoms with Gasteiger partial charge < -0.3 is 0 Å². The Bertz CT molecular complexity index is 552. The second-order valence-corrected chi connectivity index (χ2v) is 6.96. The van der Waals surface area contributed by atoms with E-state index in [-0.39, 0.29) is 5.78 Å². The van der Waals surface area contributed by atoms with Crippen LogP contribution in [0, 0.1) is 6.92 Å². The molecule has 0 amide bonds. The lowest BCUT2D eigenvalue weighted by Crippen LogP contribution is -1.98. The van der Waals surface area contributed by atoms with Crippen molar-refractivity contribution in [1.82, 2.24) is 0 Å². The average Bonchev–Trinajstić information content (AvgIpc) is 2.57. The molecular formula is C12H7Br2ClOS. The average molecular weight is 395 g/mol. The van der Waals surface area contributed by atoms with Crippen LogP contribution < -0.4 is 0 Å². The van der Waals surface area contributed by atoms with Crippen LogP contribution in [0.25, 0.3) is 0 Å². The summed E-state index contributed by atoms with van der Waals surface area (Å²) in [6.07, 6.45) is 0. The normalized spacial score (nSPS) is 10.6. The molecule has 1 aromatic carbocycles. The van der Waals surface area contributed by atoms with Crippen LogP contribution in [0.4, 0.5) is 0 Å². The van der Waals surface area contributed by atoms with Crippen molar-refractivity contribution >= 4 is 60.6 Å².